The number of likely N-dealkylation sites (tertiary alicyclic amines) is 1. The van der Waals surface area contributed by atoms with Crippen LogP contribution in [0.4, 0.5) is 5.69 Å². The number of para-hydroxylation sites is 2. The lowest BCUT2D eigenvalue weighted by atomic mass is 9.95. The lowest BCUT2D eigenvalue weighted by Crippen LogP contribution is -2.51. The fraction of sp³-hybridized carbons (Fsp3) is 0.391. The molecule has 2 atom stereocenters. The fourth-order valence-electron chi connectivity index (χ4n) is 4.23. The van der Waals surface area contributed by atoms with E-state index in [1.807, 2.05) is 36.4 Å². The molecule has 4 rings (SSSR count). The summed E-state index contributed by atoms with van der Waals surface area (Å²) < 4.78 is 10.6. The molecular weight excluding hydrogens is 439 g/mol. The number of methoxy groups -OCH3 is 1. The van der Waals surface area contributed by atoms with Gasteiger partial charge in [-0.25, -0.2) is 4.79 Å². The van der Waals surface area contributed by atoms with Crippen molar-refractivity contribution in [2.45, 2.75) is 25.5 Å². The third-order valence-electron chi connectivity index (χ3n) is 5.80. The van der Waals surface area contributed by atoms with E-state index in [0.29, 0.717) is 34.6 Å². The number of fused-ring (bicyclic) bond motifs is 1. The van der Waals surface area contributed by atoms with E-state index in [1.54, 1.807) is 11.0 Å². The SMILES string of the molecule is COC(=O)[C@H]1CN(C(=O)[C@H]2CCCN(Cc3c(Cl)cccc3Cl)C2)c2ccccc2O1. The summed E-state index contributed by atoms with van der Waals surface area (Å²) in [7, 11) is 1.32. The van der Waals surface area contributed by atoms with E-state index in [-0.39, 0.29) is 18.4 Å². The number of benzene rings is 2. The Morgan fingerprint density at radius 2 is 1.84 bits per heavy atom. The van der Waals surface area contributed by atoms with Gasteiger partial charge in [-0.05, 0) is 43.7 Å². The Labute approximate surface area is 191 Å². The maximum atomic E-state index is 13.5. The van der Waals surface area contributed by atoms with Crippen LogP contribution in [0.3, 0.4) is 0 Å². The summed E-state index contributed by atoms with van der Waals surface area (Å²) in [6, 6.07) is 12.7. The Morgan fingerprint density at radius 1 is 1.10 bits per heavy atom. The van der Waals surface area contributed by atoms with Gasteiger partial charge in [0.2, 0.25) is 12.0 Å². The van der Waals surface area contributed by atoms with Gasteiger partial charge < -0.3 is 14.4 Å². The Balaban J connectivity index is 1.52. The van der Waals surface area contributed by atoms with Gasteiger partial charge in [0.15, 0.2) is 0 Å². The lowest BCUT2D eigenvalue weighted by Gasteiger charge is -2.38. The maximum absolute atomic E-state index is 13.5. The van der Waals surface area contributed by atoms with E-state index >= 15 is 0 Å². The molecule has 2 aliphatic rings. The van der Waals surface area contributed by atoms with Crippen molar-refractivity contribution in [1.82, 2.24) is 4.90 Å². The van der Waals surface area contributed by atoms with E-state index in [9.17, 15) is 9.59 Å². The van der Waals surface area contributed by atoms with Gasteiger partial charge in [-0.1, -0.05) is 41.4 Å². The van der Waals surface area contributed by atoms with Crippen LogP contribution in [0.1, 0.15) is 18.4 Å². The Morgan fingerprint density at radius 3 is 2.58 bits per heavy atom. The number of esters is 1. The van der Waals surface area contributed by atoms with Crippen LogP contribution in [0, 0.1) is 5.92 Å². The highest BCUT2D eigenvalue weighted by Gasteiger charge is 2.38. The number of rotatable bonds is 4. The van der Waals surface area contributed by atoms with E-state index in [1.165, 1.54) is 7.11 Å². The van der Waals surface area contributed by atoms with Crippen molar-refractivity contribution in [3.8, 4) is 5.75 Å². The second kappa shape index (κ2) is 9.47. The molecular formula is C23H24Cl2N2O4. The lowest BCUT2D eigenvalue weighted by molar-refractivity contribution is -0.148. The number of hydrogen-bond donors (Lipinski definition) is 0. The first-order valence-electron chi connectivity index (χ1n) is 10.3. The van der Waals surface area contributed by atoms with Crippen LogP contribution in [0.25, 0.3) is 0 Å². The van der Waals surface area contributed by atoms with Crippen LogP contribution in [0.15, 0.2) is 42.5 Å². The smallest absolute Gasteiger partial charge is 0.348 e. The number of nitrogens with zero attached hydrogens (tertiary/aromatic N) is 2. The molecule has 1 amide bonds. The minimum absolute atomic E-state index is 0.0143. The highest BCUT2D eigenvalue weighted by Crippen LogP contribution is 2.35. The van der Waals surface area contributed by atoms with Gasteiger partial charge in [0.25, 0.3) is 0 Å². The molecule has 0 spiro atoms. The van der Waals surface area contributed by atoms with E-state index in [2.05, 4.69) is 4.90 Å². The molecule has 0 saturated carbocycles. The topological polar surface area (TPSA) is 59.1 Å². The Hall–Kier alpha value is -2.28. The molecule has 6 nitrogen and oxygen atoms in total. The van der Waals surface area contributed by atoms with E-state index in [0.717, 1.165) is 24.9 Å². The summed E-state index contributed by atoms with van der Waals surface area (Å²) >= 11 is 12.7. The third kappa shape index (κ3) is 4.66. The van der Waals surface area contributed by atoms with Crippen molar-refractivity contribution < 1.29 is 19.1 Å². The molecule has 8 heteroatoms. The van der Waals surface area contributed by atoms with Crippen LogP contribution in [-0.2, 0) is 20.9 Å². The summed E-state index contributed by atoms with van der Waals surface area (Å²) in [6.07, 6.45) is 0.837. The van der Waals surface area contributed by atoms with Gasteiger partial charge in [-0.2, -0.15) is 0 Å². The molecule has 2 aromatic rings. The molecule has 0 unspecified atom stereocenters. The highest BCUT2D eigenvalue weighted by atomic mass is 35.5. The number of hydrogen-bond acceptors (Lipinski definition) is 5. The maximum Gasteiger partial charge on any atom is 0.348 e. The molecule has 0 N–H and O–H groups in total. The van der Waals surface area contributed by atoms with Gasteiger partial charge in [0, 0.05) is 28.7 Å². The zero-order chi connectivity index (χ0) is 22.0. The van der Waals surface area contributed by atoms with Crippen molar-refractivity contribution in [3.63, 3.8) is 0 Å². The van der Waals surface area contributed by atoms with Crippen LogP contribution < -0.4 is 9.64 Å². The summed E-state index contributed by atoms with van der Waals surface area (Å²) in [5, 5.41) is 1.26. The minimum Gasteiger partial charge on any atom is -0.475 e. The molecule has 1 saturated heterocycles. The zero-order valence-corrected chi connectivity index (χ0v) is 18.7. The van der Waals surface area contributed by atoms with Gasteiger partial charge in [0.1, 0.15) is 5.75 Å². The Bertz CT molecular complexity index is 964. The largest absolute Gasteiger partial charge is 0.475 e. The van der Waals surface area contributed by atoms with E-state index in [4.69, 9.17) is 32.7 Å². The number of amides is 1. The summed E-state index contributed by atoms with van der Waals surface area (Å²) in [4.78, 5) is 29.5. The zero-order valence-electron chi connectivity index (χ0n) is 17.2. The first-order chi connectivity index (χ1) is 15.0. The van der Waals surface area contributed by atoms with Gasteiger partial charge >= 0.3 is 5.97 Å². The number of carbonyl (C=O) groups is 2. The fourth-order valence-corrected chi connectivity index (χ4v) is 4.74. The first-order valence-corrected chi connectivity index (χ1v) is 11.0. The summed E-state index contributed by atoms with van der Waals surface area (Å²) in [5.74, 6) is -0.196. The quantitative estimate of drug-likeness (QED) is 0.638. The van der Waals surface area contributed by atoms with Crippen molar-refractivity contribution in [2.75, 3.05) is 31.6 Å². The highest BCUT2D eigenvalue weighted by molar-refractivity contribution is 6.35. The van der Waals surface area contributed by atoms with Crippen molar-refractivity contribution in [1.29, 1.82) is 0 Å². The predicted molar refractivity (Wildman–Crippen MR) is 120 cm³/mol. The molecule has 2 aliphatic heterocycles. The monoisotopic (exact) mass is 462 g/mol. The van der Waals surface area contributed by atoms with Gasteiger partial charge in [-0.3, -0.25) is 9.69 Å². The molecule has 0 bridgehead atoms. The van der Waals surface area contributed by atoms with E-state index < -0.39 is 12.1 Å². The van der Waals surface area contributed by atoms with Crippen LogP contribution in [0.5, 0.6) is 5.75 Å². The molecule has 1 fully saturated rings. The normalized spacial score (nSPS) is 21.2. The van der Waals surface area contributed by atoms with Crippen molar-refractivity contribution in [3.05, 3.63) is 58.1 Å². The number of halogens is 2. The second-order valence-electron chi connectivity index (χ2n) is 7.82. The number of carbonyl (C=O) groups excluding carboxylic acids is 2. The number of anilines is 1. The van der Waals surface area contributed by atoms with Gasteiger partial charge in [-0.15, -0.1) is 0 Å². The average molecular weight is 463 g/mol. The molecule has 2 heterocycles. The molecule has 31 heavy (non-hydrogen) atoms. The van der Waals surface area contributed by atoms with Crippen LogP contribution >= 0.6 is 23.2 Å². The van der Waals surface area contributed by atoms with Gasteiger partial charge in [0.05, 0.1) is 25.3 Å². The minimum atomic E-state index is -0.842. The standard InChI is InChI=1S/C23H24Cl2N2O4/c1-30-23(29)21-14-27(19-9-2-3-10-20(19)31-21)22(28)15-6-5-11-26(12-15)13-16-17(24)7-4-8-18(16)25/h2-4,7-10,15,21H,5-6,11-14H2,1H3/t15-,21+/m0/s1. The Kier molecular flexibility index (Phi) is 6.70. The molecule has 0 aromatic heterocycles. The molecule has 2 aromatic carbocycles. The number of ether oxygens (including phenoxy) is 2. The van der Waals surface area contributed by atoms with Crippen molar-refractivity contribution >= 4 is 40.8 Å². The second-order valence-corrected chi connectivity index (χ2v) is 8.64. The van der Waals surface area contributed by atoms with Crippen LogP contribution in [-0.4, -0.2) is 49.6 Å². The first kappa shape index (κ1) is 21.9. The average Bonchev–Trinajstić information content (AvgIpc) is 2.80. The summed E-state index contributed by atoms with van der Waals surface area (Å²) in [6.45, 7) is 2.20. The third-order valence-corrected chi connectivity index (χ3v) is 6.51. The summed E-state index contributed by atoms with van der Waals surface area (Å²) in [5.41, 5.74) is 1.56. The van der Waals surface area contributed by atoms with Crippen molar-refractivity contribution in [2.24, 2.45) is 5.92 Å². The molecule has 0 aliphatic carbocycles. The molecule has 0 radical (unpaired) electrons. The van der Waals surface area contributed by atoms with Crippen LogP contribution in [0.2, 0.25) is 10.0 Å². The predicted octanol–water partition coefficient (Wildman–Crippen LogP) is 4.17. The number of piperidine rings is 1. The molecule has 164 valence electrons.